The summed E-state index contributed by atoms with van der Waals surface area (Å²) in [6, 6.07) is 0.282. The Hall–Kier alpha value is 0.270. The highest BCUT2D eigenvalue weighted by Gasteiger charge is 2.24. The van der Waals surface area contributed by atoms with Gasteiger partial charge in [0.1, 0.15) is 12.1 Å². The highest BCUT2D eigenvalue weighted by Crippen LogP contribution is 2.14. The number of rotatable bonds is 0. The van der Waals surface area contributed by atoms with Crippen LogP contribution in [0.25, 0.3) is 0 Å². The summed E-state index contributed by atoms with van der Waals surface area (Å²) >= 11 is 1.78. The molecule has 2 atom stereocenters. The minimum Gasteiger partial charge on any atom is -0.386 e. The molecule has 42 valence electrons. The van der Waals surface area contributed by atoms with E-state index in [2.05, 4.69) is 5.73 Å². The van der Waals surface area contributed by atoms with E-state index in [0.29, 0.717) is 0 Å². The van der Waals surface area contributed by atoms with Crippen LogP contribution in [0.4, 0.5) is 0 Å². The van der Waals surface area contributed by atoms with Crippen LogP contribution in [0.5, 0.6) is 0 Å². The lowest BCUT2D eigenvalue weighted by atomic mass is 10.2. The van der Waals surface area contributed by atoms with E-state index in [1.165, 1.54) is 0 Å². The summed E-state index contributed by atoms with van der Waals surface area (Å²) in [4.78, 5) is 0. The summed E-state index contributed by atoms with van der Waals surface area (Å²) in [5, 5.41) is 8.91. The highest BCUT2D eigenvalue weighted by atomic mass is 32.2. The molecule has 0 aromatic heterocycles. The zero-order chi connectivity index (χ0) is 5.28. The number of hydrogen-bond donors (Lipinski definition) is 2. The van der Waals surface area contributed by atoms with Gasteiger partial charge in [-0.2, -0.15) is 11.8 Å². The molecule has 1 aliphatic heterocycles. The van der Waals surface area contributed by atoms with Gasteiger partial charge in [0, 0.05) is 11.5 Å². The third-order valence-electron chi connectivity index (χ3n) is 1.16. The first-order chi connectivity index (χ1) is 3.30. The maximum atomic E-state index is 8.91. The minimum atomic E-state index is -0.134. The molecule has 0 bridgehead atoms. The van der Waals surface area contributed by atoms with Gasteiger partial charge < -0.3 is 10.8 Å². The maximum Gasteiger partial charge on any atom is 0.121 e. The average molecular weight is 120 g/mol. The molecule has 3 heteroatoms. The first kappa shape index (κ1) is 5.41. The fourth-order valence-corrected chi connectivity index (χ4v) is 1.76. The Morgan fingerprint density at radius 2 is 2.29 bits per heavy atom. The normalized spacial score (nSPS) is 42.0. The Balaban J connectivity index is 2.33. The van der Waals surface area contributed by atoms with Crippen LogP contribution in [-0.2, 0) is 0 Å². The van der Waals surface area contributed by atoms with Gasteiger partial charge in [-0.3, -0.25) is 0 Å². The van der Waals surface area contributed by atoms with E-state index >= 15 is 0 Å². The number of thioether (sulfide) groups is 1. The minimum absolute atomic E-state index is 0.134. The molecule has 0 radical (unpaired) electrons. The molecule has 1 fully saturated rings. The van der Waals surface area contributed by atoms with Gasteiger partial charge in [0.05, 0.1) is 0 Å². The first-order valence-electron chi connectivity index (χ1n) is 2.39. The molecule has 1 heterocycles. The summed E-state index contributed by atoms with van der Waals surface area (Å²) in [5.74, 6) is 1.91. The summed E-state index contributed by atoms with van der Waals surface area (Å²) in [6.45, 7) is 0. The van der Waals surface area contributed by atoms with Crippen LogP contribution in [0, 0.1) is 0 Å². The van der Waals surface area contributed by atoms with Gasteiger partial charge in [0.25, 0.3) is 0 Å². The Morgan fingerprint density at radius 1 is 1.57 bits per heavy atom. The van der Waals surface area contributed by atoms with E-state index in [4.69, 9.17) is 5.11 Å². The lowest BCUT2D eigenvalue weighted by Crippen LogP contribution is -2.66. The smallest absolute Gasteiger partial charge is 0.121 e. The van der Waals surface area contributed by atoms with Gasteiger partial charge in [-0.25, -0.2) is 0 Å². The van der Waals surface area contributed by atoms with Crippen LogP contribution in [0.2, 0.25) is 0 Å². The number of aliphatic hydroxyl groups excluding tert-OH is 1. The van der Waals surface area contributed by atoms with Crippen LogP contribution in [0.15, 0.2) is 0 Å². The largest absolute Gasteiger partial charge is 0.386 e. The zero-order valence-corrected chi connectivity index (χ0v) is 4.95. The molecule has 0 spiro atoms. The van der Waals surface area contributed by atoms with Crippen LogP contribution < -0.4 is 5.73 Å². The predicted molar refractivity (Wildman–Crippen MR) is 30.0 cm³/mol. The van der Waals surface area contributed by atoms with Crippen molar-refractivity contribution in [3.63, 3.8) is 0 Å². The van der Waals surface area contributed by atoms with Crippen molar-refractivity contribution in [2.75, 3.05) is 11.5 Å². The fourth-order valence-electron chi connectivity index (χ4n) is 0.587. The summed E-state index contributed by atoms with van der Waals surface area (Å²) in [7, 11) is 0. The van der Waals surface area contributed by atoms with Crippen LogP contribution in [0.3, 0.4) is 0 Å². The fraction of sp³-hybridized carbons (Fsp3) is 1.00. The standard InChI is InChI=1S/C4H9NOS/c5-3-1-7-2-4(3)6/h3-4,6H,1-2,5H2/p+1/t3-,4-/m1/s1. The highest BCUT2D eigenvalue weighted by molar-refractivity contribution is 7.99. The number of quaternary nitrogens is 1. The average Bonchev–Trinajstić information content (AvgIpc) is 1.91. The van der Waals surface area contributed by atoms with E-state index < -0.39 is 0 Å². The molecule has 1 saturated heterocycles. The Kier molecular flexibility index (Phi) is 1.57. The molecule has 0 aromatic rings. The maximum absolute atomic E-state index is 8.91. The topological polar surface area (TPSA) is 47.9 Å². The van der Waals surface area contributed by atoms with E-state index in [0.717, 1.165) is 11.5 Å². The summed E-state index contributed by atoms with van der Waals surface area (Å²) in [5.41, 5.74) is 3.75. The van der Waals surface area contributed by atoms with E-state index in [9.17, 15) is 0 Å². The monoisotopic (exact) mass is 120 g/mol. The molecule has 2 nitrogen and oxygen atoms in total. The van der Waals surface area contributed by atoms with Crippen molar-refractivity contribution in [3.05, 3.63) is 0 Å². The quantitative estimate of drug-likeness (QED) is 0.417. The molecular formula is C4H10NOS+. The lowest BCUT2D eigenvalue weighted by molar-refractivity contribution is -0.425. The SMILES string of the molecule is [NH3+][C@@H]1CSC[C@H]1O. The summed E-state index contributed by atoms with van der Waals surface area (Å²) in [6.07, 6.45) is -0.134. The number of hydrogen-bond acceptors (Lipinski definition) is 2. The molecule has 0 unspecified atom stereocenters. The van der Waals surface area contributed by atoms with Crippen molar-refractivity contribution in [1.29, 1.82) is 0 Å². The van der Waals surface area contributed by atoms with Gasteiger partial charge in [-0.1, -0.05) is 0 Å². The molecule has 1 aliphatic rings. The van der Waals surface area contributed by atoms with Gasteiger partial charge in [-0.15, -0.1) is 0 Å². The molecular weight excluding hydrogens is 110 g/mol. The summed E-state index contributed by atoms with van der Waals surface area (Å²) < 4.78 is 0. The van der Waals surface area contributed by atoms with Gasteiger partial charge in [0.15, 0.2) is 0 Å². The second-order valence-corrected chi connectivity index (χ2v) is 2.94. The molecule has 7 heavy (non-hydrogen) atoms. The number of aliphatic hydroxyl groups is 1. The van der Waals surface area contributed by atoms with Gasteiger partial charge in [0.2, 0.25) is 0 Å². The van der Waals surface area contributed by atoms with Gasteiger partial charge >= 0.3 is 0 Å². The van der Waals surface area contributed by atoms with Crippen molar-refractivity contribution in [2.45, 2.75) is 12.1 Å². The van der Waals surface area contributed by atoms with Gasteiger partial charge in [-0.05, 0) is 0 Å². The van der Waals surface area contributed by atoms with Crippen molar-refractivity contribution in [1.82, 2.24) is 0 Å². The lowest BCUT2D eigenvalue weighted by Gasteiger charge is -1.99. The third kappa shape index (κ3) is 1.08. The molecule has 0 aliphatic carbocycles. The van der Waals surface area contributed by atoms with Crippen molar-refractivity contribution in [3.8, 4) is 0 Å². The second kappa shape index (κ2) is 2.03. The van der Waals surface area contributed by atoms with Crippen LogP contribution >= 0.6 is 11.8 Å². The van der Waals surface area contributed by atoms with Crippen molar-refractivity contribution < 1.29 is 10.8 Å². The zero-order valence-electron chi connectivity index (χ0n) is 4.13. The van der Waals surface area contributed by atoms with Crippen molar-refractivity contribution >= 4 is 11.8 Å². The Labute approximate surface area is 47.1 Å². The van der Waals surface area contributed by atoms with Crippen LogP contribution in [0.1, 0.15) is 0 Å². The Bertz CT molecular complexity index is 60.7. The van der Waals surface area contributed by atoms with E-state index in [-0.39, 0.29) is 12.1 Å². The first-order valence-corrected chi connectivity index (χ1v) is 3.55. The third-order valence-corrected chi connectivity index (χ3v) is 2.41. The van der Waals surface area contributed by atoms with E-state index in [1.807, 2.05) is 0 Å². The Morgan fingerprint density at radius 3 is 2.43 bits per heavy atom. The molecule has 0 amide bonds. The molecule has 1 rings (SSSR count). The molecule has 4 N–H and O–H groups in total. The van der Waals surface area contributed by atoms with Crippen molar-refractivity contribution in [2.24, 2.45) is 0 Å². The van der Waals surface area contributed by atoms with E-state index in [1.54, 1.807) is 11.8 Å². The molecule has 0 saturated carbocycles. The van der Waals surface area contributed by atoms with Crippen LogP contribution in [-0.4, -0.2) is 28.8 Å². The molecule has 0 aromatic carbocycles. The second-order valence-electron chi connectivity index (χ2n) is 1.86. The predicted octanol–water partition coefficient (Wildman–Crippen LogP) is -1.30.